The molecule has 7 rings (SSSR count). The maximum Gasteiger partial charge on any atom is 0.414 e. The Hall–Kier alpha value is -7.80. The summed E-state index contributed by atoms with van der Waals surface area (Å²) in [6.45, 7) is 45.0. The van der Waals surface area contributed by atoms with E-state index >= 15 is 0 Å². The maximum atomic E-state index is 14.4. The van der Waals surface area contributed by atoms with Crippen LogP contribution in [-0.2, 0) is 108 Å². The van der Waals surface area contributed by atoms with Crippen LogP contribution in [0.15, 0.2) is 132 Å². The van der Waals surface area contributed by atoms with Gasteiger partial charge in [-0.25, -0.2) is 110 Å². The van der Waals surface area contributed by atoms with Crippen molar-refractivity contribution in [2.75, 3.05) is 6.61 Å². The van der Waals surface area contributed by atoms with Crippen molar-refractivity contribution in [3.8, 4) is 0 Å². The molecule has 7 aromatic rings. The SMILES string of the molecule is CC(=N[S@](=O)C(C)(C)C)c1cccc(F)c1F.CC(=O)c1cccc(F)c1F.CC(C)(C)OC(=O)C[C@](C)(N[S@](=O)C(C)(C)C)c1cccc(F)c1F.CC(C)(C)[S@@](=O)N[C@@](C)(CC=O)c1cccc(F)c1F.CC(C)(C)[S@@](=O)N[C@@](C)(CCO)c1cccc(F)c1F.CC(C)(C)[S@@](=O)N[C@@](C)(C[C@@H](O)C(F)(F)F)c1cccc(F)c1F.CC(C)(C)[S@@](=O)N[C@@](C)(C[C@H](O)C(F)(F)F)c1cccc(F)c1F. The minimum atomic E-state index is -4.95. The topological polar surface area (TPSA) is 296 Å². The third-order valence-corrected chi connectivity index (χ3v) is 29.7. The van der Waals surface area contributed by atoms with Crippen LogP contribution >= 0.6 is 0 Å². The highest BCUT2D eigenvalue weighted by atomic mass is 32.2. The summed E-state index contributed by atoms with van der Waals surface area (Å²) >= 11 is 0. The molecule has 0 radical (unpaired) electrons. The van der Waals surface area contributed by atoms with Gasteiger partial charge in [-0.1, -0.05) is 72.8 Å². The summed E-state index contributed by atoms with van der Waals surface area (Å²) in [4.78, 5) is 33.8. The second-order valence-corrected chi connectivity index (χ2v) is 51.7. The van der Waals surface area contributed by atoms with Crippen LogP contribution < -0.4 is 23.6 Å². The molecule has 0 aliphatic rings. The van der Waals surface area contributed by atoms with Gasteiger partial charge in [0.15, 0.2) is 99.4 Å². The number of ketones is 1. The van der Waals surface area contributed by atoms with E-state index in [4.69, 9.17) is 4.74 Å². The number of Topliss-reactive ketones (excluding diaryl/α,β-unsaturated/α-hetero) is 1. The first-order chi connectivity index (χ1) is 63.6. The number of alkyl halides is 6. The van der Waals surface area contributed by atoms with Crippen LogP contribution in [0.3, 0.4) is 0 Å². The number of aliphatic hydroxyl groups excluding tert-OH is 3. The number of aliphatic hydroxyl groups is 3. The van der Waals surface area contributed by atoms with Gasteiger partial charge in [0.1, 0.15) is 22.9 Å². The van der Waals surface area contributed by atoms with E-state index in [0.717, 1.165) is 80.6 Å². The fourth-order valence-electron chi connectivity index (χ4n) is 11.4. The third-order valence-electron chi connectivity index (χ3n) is 19.5. The van der Waals surface area contributed by atoms with Gasteiger partial charge in [0.05, 0.1) is 129 Å². The van der Waals surface area contributed by atoms with Crippen LogP contribution in [0.5, 0.6) is 0 Å². The number of hydrogen-bond acceptors (Lipinski definition) is 13. The monoisotopic (exact) mass is 2140 g/mol. The Bertz CT molecular complexity index is 5460. The van der Waals surface area contributed by atoms with Crippen LogP contribution in [0.4, 0.5) is 87.8 Å². The molecule has 45 heteroatoms. The number of aldehydes is 1. The molecule has 141 heavy (non-hydrogen) atoms. The summed E-state index contributed by atoms with van der Waals surface area (Å²) in [5, 5.41) is 27.9. The average molecular weight is 2150 g/mol. The Kier molecular flexibility index (Phi) is 49.3. The zero-order valence-corrected chi connectivity index (χ0v) is 88.4. The number of nitrogens with one attached hydrogen (secondary N) is 5. The first kappa shape index (κ1) is 131. The Balaban J connectivity index is 0.000000831. The number of carbonyl (C=O) groups excluding carboxylic acids is 3. The molecular formula is C96H128F20N6O13S6. The third kappa shape index (κ3) is 41.2. The van der Waals surface area contributed by atoms with Gasteiger partial charge in [0.25, 0.3) is 0 Å². The number of nitrogens with zero attached hydrogens (tertiary/aromatic N) is 1. The van der Waals surface area contributed by atoms with Crippen LogP contribution in [0.2, 0.25) is 0 Å². The van der Waals surface area contributed by atoms with Crippen molar-refractivity contribution >= 4 is 89.7 Å². The lowest BCUT2D eigenvalue weighted by Crippen LogP contribution is -2.50. The van der Waals surface area contributed by atoms with E-state index in [0.29, 0.717) is 6.29 Å². The van der Waals surface area contributed by atoms with E-state index in [1.165, 1.54) is 88.4 Å². The maximum absolute atomic E-state index is 14.4. The molecule has 7 aromatic carbocycles. The number of hydrogen-bond donors (Lipinski definition) is 8. The lowest BCUT2D eigenvalue weighted by Gasteiger charge is -2.36. The van der Waals surface area contributed by atoms with Crippen molar-refractivity contribution in [3.05, 3.63) is 248 Å². The molecule has 0 aliphatic heterocycles. The minimum absolute atomic E-state index is 0.0119. The number of esters is 1. The number of carbonyl (C=O) groups is 3. The Morgan fingerprint density at radius 2 is 0.582 bits per heavy atom. The lowest BCUT2D eigenvalue weighted by molar-refractivity contribution is -0.210. The average Bonchev–Trinajstić information content (AvgIpc) is 0.783. The summed E-state index contributed by atoms with van der Waals surface area (Å²) in [6.07, 6.45) is -17.2. The Morgan fingerprint density at radius 1 is 0.348 bits per heavy atom. The standard InChI is InChI=1S/C18H27F2NO3S.2C15H20F5NO2S.C14H21F2NO2S.C14H19F2NO2S.C12H15F2NOS.C8H6F2O/c1-16(2,3)24-14(22)11-18(7,21-25(23)17(4,5)6)12-9-8-10-13(19)15(12)20;2*1-13(2,3)24(23)21-14(4,8-11(22)15(18,19)20)9-6-5-7-10(16)12(9)17;2*1-13(2,3)20(19)17-14(4,8-9-18)10-6-5-7-11(15)12(10)16;1-8(15-17(16)12(2,3)4)9-6-5-7-10(13)11(9)14;1-5(11)6-3-2-4-7(9)8(6)10/h8-10,21H,11H2,1-7H3;2*5-7,11,21-22H,8H2,1-4H3;5-7,17-18H,8-9H2,1-4H3;5-7,9,17H,8H2,1-4H3;5-7H,1-4H3;2-4H,1H3/t18-,25+;11-,14+,24-;11-,14-,24+;2*14-,20+;17-;/m010001./s1. The van der Waals surface area contributed by atoms with Gasteiger partial charge in [0, 0.05) is 59.3 Å². The molecule has 0 aliphatic carbocycles. The van der Waals surface area contributed by atoms with Crippen molar-refractivity contribution in [2.24, 2.45) is 4.40 Å². The van der Waals surface area contributed by atoms with Gasteiger partial charge in [0.2, 0.25) is 0 Å². The van der Waals surface area contributed by atoms with E-state index < -0.39 is 269 Å². The number of rotatable bonds is 28. The molecule has 8 N–H and O–H groups in total. The van der Waals surface area contributed by atoms with E-state index in [9.17, 15) is 143 Å². The molecule has 0 aromatic heterocycles. The van der Waals surface area contributed by atoms with Crippen molar-refractivity contribution in [1.29, 1.82) is 0 Å². The van der Waals surface area contributed by atoms with Gasteiger partial charge in [-0.15, -0.1) is 0 Å². The Labute approximate surface area is 827 Å². The highest BCUT2D eigenvalue weighted by Gasteiger charge is 2.49. The number of halogens is 20. The van der Waals surface area contributed by atoms with Crippen LogP contribution in [0.1, 0.15) is 270 Å². The normalized spacial score (nSPS) is 16.3. The van der Waals surface area contributed by atoms with E-state index in [2.05, 4.69) is 28.0 Å². The highest BCUT2D eigenvalue weighted by Crippen LogP contribution is 2.40. The number of benzene rings is 7. The molecule has 0 saturated carbocycles. The predicted octanol–water partition coefficient (Wildman–Crippen LogP) is 21.9. The summed E-state index contributed by atoms with van der Waals surface area (Å²) in [5.41, 5.74) is -9.10. The molecule has 0 spiro atoms. The van der Waals surface area contributed by atoms with Crippen LogP contribution in [-0.4, -0.2) is 130 Å². The highest BCUT2D eigenvalue weighted by molar-refractivity contribution is 7.86. The first-order valence-electron chi connectivity index (χ1n) is 42.9. The van der Waals surface area contributed by atoms with Gasteiger partial charge in [-0.3, -0.25) is 9.59 Å². The zero-order valence-electron chi connectivity index (χ0n) is 83.5. The fourth-order valence-corrected chi connectivity index (χ4v) is 16.6. The molecule has 796 valence electrons. The molecule has 0 amide bonds. The molecule has 0 fully saturated rings. The summed E-state index contributed by atoms with van der Waals surface area (Å²) < 4.78 is 357. The minimum Gasteiger partial charge on any atom is -0.460 e. The van der Waals surface area contributed by atoms with Crippen molar-refractivity contribution in [1.82, 2.24) is 23.6 Å². The Morgan fingerprint density at radius 3 is 0.830 bits per heavy atom. The van der Waals surface area contributed by atoms with Gasteiger partial charge >= 0.3 is 18.3 Å². The predicted molar refractivity (Wildman–Crippen MR) is 513 cm³/mol. The van der Waals surface area contributed by atoms with Gasteiger partial charge in [-0.2, -0.15) is 30.7 Å². The lowest BCUT2D eigenvalue weighted by atomic mass is 9.86. The molecule has 13 atom stereocenters. The van der Waals surface area contributed by atoms with Crippen LogP contribution in [0.25, 0.3) is 0 Å². The largest absolute Gasteiger partial charge is 0.460 e. The first-order valence-corrected chi connectivity index (χ1v) is 49.8. The van der Waals surface area contributed by atoms with Crippen molar-refractivity contribution in [2.45, 2.75) is 312 Å². The molecule has 19 nitrogen and oxygen atoms in total. The second-order valence-electron chi connectivity index (χ2n) is 40.0. The van der Waals surface area contributed by atoms with E-state index in [1.54, 1.807) is 152 Å². The van der Waals surface area contributed by atoms with Crippen LogP contribution in [0, 0.1) is 81.4 Å². The molecule has 0 saturated heterocycles. The summed E-state index contributed by atoms with van der Waals surface area (Å²) in [7, 11) is -9.85. The zero-order chi connectivity index (χ0) is 110. The smallest absolute Gasteiger partial charge is 0.414 e. The van der Waals surface area contributed by atoms with Gasteiger partial charge < -0.3 is 24.9 Å². The molecule has 0 heterocycles. The van der Waals surface area contributed by atoms with Gasteiger partial charge in [-0.05, 0) is 255 Å². The number of ether oxygens (including phenoxy) is 1. The van der Waals surface area contributed by atoms with E-state index in [1.807, 2.05) is 0 Å². The molecular weight excluding hydrogens is 2020 g/mol. The fraction of sp³-hybridized carbons (Fsp3) is 0.521. The van der Waals surface area contributed by atoms with E-state index in [-0.39, 0.29) is 59.4 Å². The van der Waals surface area contributed by atoms with Crippen molar-refractivity contribution in [3.63, 3.8) is 0 Å². The molecule has 0 unspecified atom stereocenters. The molecule has 0 bridgehead atoms. The second kappa shape index (κ2) is 53.0. The quantitative estimate of drug-likeness (QED) is 0.00745. The summed E-state index contributed by atoms with van der Waals surface area (Å²) in [6, 6.07) is 24.8. The summed E-state index contributed by atoms with van der Waals surface area (Å²) in [5.74, 6) is -16.3. The van der Waals surface area contributed by atoms with Crippen molar-refractivity contribution < 1.29 is 148 Å².